The first kappa shape index (κ1) is 27.7. The number of hydrogen-bond donors (Lipinski definition) is 0. The van der Waals surface area contributed by atoms with E-state index in [4.69, 9.17) is 9.72 Å². The quantitative estimate of drug-likeness (QED) is 0.101. The van der Waals surface area contributed by atoms with E-state index >= 15 is 0 Å². The van der Waals surface area contributed by atoms with Crippen molar-refractivity contribution in [1.29, 1.82) is 0 Å². The minimum absolute atomic E-state index is 0.171. The molecule has 4 aromatic rings. The molecule has 3 unspecified atom stereocenters. The van der Waals surface area contributed by atoms with Gasteiger partial charge in [-0.25, -0.2) is 9.78 Å². The highest BCUT2D eigenvalue weighted by atomic mass is 79.9. The van der Waals surface area contributed by atoms with E-state index in [1.54, 1.807) is 61.5 Å². The maximum atomic E-state index is 13.5. The van der Waals surface area contributed by atoms with E-state index in [9.17, 15) is 19.2 Å². The number of fused-ring (bicyclic) bond motifs is 2. The largest absolute Gasteiger partial charge is 0.451 e. The number of Topliss-reactive ketones (excluding diaryl/α,β-unsaturated/α-hetero) is 1. The first-order chi connectivity index (χ1) is 20.2. The molecule has 3 atom stereocenters. The molecule has 0 saturated carbocycles. The molecular weight excluding hydrogens is 596 g/mol. The zero-order chi connectivity index (χ0) is 29.5. The highest BCUT2D eigenvalue weighted by Gasteiger charge is 2.47. The topological polar surface area (TPSA) is 93.6 Å². The molecule has 1 aliphatic heterocycles. The van der Waals surface area contributed by atoms with E-state index in [1.165, 1.54) is 4.90 Å². The van der Waals surface area contributed by atoms with Crippen molar-refractivity contribution in [2.75, 3.05) is 4.90 Å². The van der Waals surface area contributed by atoms with Gasteiger partial charge in [0, 0.05) is 21.0 Å². The van der Waals surface area contributed by atoms with Crippen molar-refractivity contribution in [3.05, 3.63) is 106 Å². The van der Waals surface area contributed by atoms with Gasteiger partial charge in [-0.2, -0.15) is 0 Å². The Hall–Kier alpha value is -4.43. The Labute approximate surface area is 251 Å². The van der Waals surface area contributed by atoms with Crippen molar-refractivity contribution in [2.24, 2.45) is 11.8 Å². The summed E-state index contributed by atoms with van der Waals surface area (Å²) in [4.78, 5) is 58.5. The number of rotatable bonds is 6. The molecule has 7 nitrogen and oxygen atoms in total. The number of aryl methyl sites for hydroxylation is 1. The van der Waals surface area contributed by atoms with Crippen LogP contribution in [0.3, 0.4) is 0 Å². The number of ether oxygens (including phenoxy) is 1. The SMILES string of the molecule is Cc1ccc(C(=O)C(C)OC(=O)c2cc(-c3ccc(N4C(=O)C5CC=CCC5C4=O)cc3)nc3ccc(Br)cc23)cc1. The van der Waals surface area contributed by atoms with Gasteiger partial charge >= 0.3 is 5.97 Å². The molecule has 8 heteroatoms. The van der Waals surface area contributed by atoms with Gasteiger partial charge in [0.1, 0.15) is 0 Å². The van der Waals surface area contributed by atoms with Gasteiger partial charge < -0.3 is 4.74 Å². The minimum Gasteiger partial charge on any atom is -0.451 e. The highest BCUT2D eigenvalue weighted by molar-refractivity contribution is 9.10. The summed E-state index contributed by atoms with van der Waals surface area (Å²) in [7, 11) is 0. The first-order valence-corrected chi connectivity index (χ1v) is 14.6. The van der Waals surface area contributed by atoms with Crippen LogP contribution in [0.4, 0.5) is 5.69 Å². The number of esters is 1. The van der Waals surface area contributed by atoms with Crippen LogP contribution in [0.1, 0.15) is 46.0 Å². The first-order valence-electron chi connectivity index (χ1n) is 13.8. The Morgan fingerprint density at radius 1 is 0.905 bits per heavy atom. The number of allylic oxidation sites excluding steroid dienone is 2. The van der Waals surface area contributed by atoms with Crippen molar-refractivity contribution in [3.8, 4) is 11.3 Å². The number of imide groups is 1. The number of ketones is 1. The van der Waals surface area contributed by atoms with E-state index in [-0.39, 0.29) is 35.0 Å². The average molecular weight is 624 g/mol. The zero-order valence-electron chi connectivity index (χ0n) is 23.0. The van der Waals surface area contributed by atoms with Crippen molar-refractivity contribution < 1.29 is 23.9 Å². The fraction of sp³-hybridized carbons (Fsp3) is 0.206. The number of anilines is 1. The predicted octanol–water partition coefficient (Wildman–Crippen LogP) is 6.86. The molecule has 2 heterocycles. The van der Waals surface area contributed by atoms with Gasteiger partial charge in [0.05, 0.1) is 34.3 Å². The second kappa shape index (κ2) is 11.1. The summed E-state index contributed by atoms with van der Waals surface area (Å²) in [6, 6.07) is 21.2. The smallest absolute Gasteiger partial charge is 0.339 e. The third-order valence-corrected chi connectivity index (χ3v) is 8.40. The fourth-order valence-electron chi connectivity index (χ4n) is 5.58. The summed E-state index contributed by atoms with van der Waals surface area (Å²) in [6.07, 6.45) is 4.09. The van der Waals surface area contributed by atoms with Gasteiger partial charge in [-0.1, -0.05) is 70.0 Å². The zero-order valence-corrected chi connectivity index (χ0v) is 24.6. The van der Waals surface area contributed by atoms with Gasteiger partial charge in [0.15, 0.2) is 6.10 Å². The lowest BCUT2D eigenvalue weighted by Gasteiger charge is -2.16. The molecule has 1 aromatic heterocycles. The molecule has 210 valence electrons. The third-order valence-electron chi connectivity index (χ3n) is 7.91. The van der Waals surface area contributed by atoms with E-state index in [1.807, 2.05) is 37.3 Å². The lowest BCUT2D eigenvalue weighted by Crippen LogP contribution is -2.30. The monoisotopic (exact) mass is 622 g/mol. The van der Waals surface area contributed by atoms with Crippen molar-refractivity contribution in [3.63, 3.8) is 0 Å². The summed E-state index contributed by atoms with van der Waals surface area (Å²) in [6.45, 7) is 3.50. The van der Waals surface area contributed by atoms with Gasteiger partial charge in [-0.15, -0.1) is 0 Å². The van der Waals surface area contributed by atoms with Crippen LogP contribution in [-0.4, -0.2) is 34.7 Å². The summed E-state index contributed by atoms with van der Waals surface area (Å²) < 4.78 is 6.43. The number of hydrogen-bond acceptors (Lipinski definition) is 6. The predicted molar refractivity (Wildman–Crippen MR) is 163 cm³/mol. The van der Waals surface area contributed by atoms with Crippen molar-refractivity contribution >= 4 is 56.1 Å². The minimum atomic E-state index is -0.993. The fourth-order valence-corrected chi connectivity index (χ4v) is 5.94. The Balaban J connectivity index is 1.30. The molecule has 1 saturated heterocycles. The molecule has 42 heavy (non-hydrogen) atoms. The lowest BCUT2D eigenvalue weighted by atomic mass is 9.85. The molecule has 0 N–H and O–H groups in total. The number of carbonyl (C=O) groups excluding carboxylic acids is 4. The number of amides is 2. The second-order valence-electron chi connectivity index (χ2n) is 10.7. The van der Waals surface area contributed by atoms with Crippen LogP contribution in [0, 0.1) is 18.8 Å². The number of benzene rings is 3. The normalized spacial score (nSPS) is 18.7. The van der Waals surface area contributed by atoms with Gasteiger partial charge in [0.25, 0.3) is 0 Å². The molecular formula is C34H27BrN2O5. The Morgan fingerprint density at radius 2 is 1.55 bits per heavy atom. The maximum Gasteiger partial charge on any atom is 0.339 e. The maximum absolute atomic E-state index is 13.5. The molecule has 6 rings (SSSR count). The molecule has 1 aliphatic carbocycles. The van der Waals surface area contributed by atoms with Crippen LogP contribution in [0.25, 0.3) is 22.2 Å². The summed E-state index contributed by atoms with van der Waals surface area (Å²) in [5.74, 6) is -1.89. The van der Waals surface area contributed by atoms with Crippen LogP contribution in [0.5, 0.6) is 0 Å². The standard InChI is InChI=1S/C34H27BrN2O5/c1-19-7-9-22(10-8-19)31(38)20(2)42-34(41)28-18-30(36-29-16-13-23(35)17-27(28)29)21-11-14-24(15-12-21)37-32(39)25-5-3-4-6-26(25)33(37)40/h3-4,7-18,20,25-26H,5-6H2,1-2H3. The van der Waals surface area contributed by atoms with Gasteiger partial charge in [-0.3, -0.25) is 19.3 Å². The summed E-state index contributed by atoms with van der Waals surface area (Å²) in [5, 5.41) is 0.578. The van der Waals surface area contributed by atoms with Crippen LogP contribution >= 0.6 is 15.9 Å². The third kappa shape index (κ3) is 5.07. The number of aromatic nitrogens is 1. The second-order valence-corrected chi connectivity index (χ2v) is 11.6. The molecule has 1 fully saturated rings. The highest BCUT2D eigenvalue weighted by Crippen LogP contribution is 2.38. The molecule has 0 bridgehead atoms. The van der Waals surface area contributed by atoms with Crippen LogP contribution in [0.2, 0.25) is 0 Å². The molecule has 2 amide bonds. The van der Waals surface area contributed by atoms with Crippen LogP contribution in [0.15, 0.2) is 89.4 Å². The van der Waals surface area contributed by atoms with Gasteiger partial charge in [0.2, 0.25) is 17.6 Å². The number of pyridine rings is 1. The number of carbonyl (C=O) groups is 4. The lowest BCUT2D eigenvalue weighted by molar-refractivity contribution is -0.122. The van der Waals surface area contributed by atoms with E-state index in [0.29, 0.717) is 46.3 Å². The molecule has 3 aromatic carbocycles. The van der Waals surface area contributed by atoms with Crippen molar-refractivity contribution in [1.82, 2.24) is 4.98 Å². The van der Waals surface area contributed by atoms with E-state index < -0.39 is 12.1 Å². The summed E-state index contributed by atoms with van der Waals surface area (Å²) >= 11 is 3.46. The van der Waals surface area contributed by atoms with E-state index in [2.05, 4.69) is 15.9 Å². The molecule has 0 radical (unpaired) electrons. The van der Waals surface area contributed by atoms with Crippen LogP contribution < -0.4 is 4.90 Å². The molecule has 0 spiro atoms. The Bertz CT molecular complexity index is 1750. The Kier molecular flexibility index (Phi) is 7.33. The molecule has 2 aliphatic rings. The van der Waals surface area contributed by atoms with Gasteiger partial charge in [-0.05, 0) is 63.1 Å². The van der Waals surface area contributed by atoms with Crippen LogP contribution in [-0.2, 0) is 14.3 Å². The Morgan fingerprint density at radius 3 is 2.19 bits per heavy atom. The number of nitrogens with zero attached hydrogens (tertiary/aromatic N) is 2. The van der Waals surface area contributed by atoms with E-state index in [0.717, 1.165) is 10.0 Å². The van der Waals surface area contributed by atoms with Crippen molar-refractivity contribution in [2.45, 2.75) is 32.8 Å². The number of halogens is 1. The summed E-state index contributed by atoms with van der Waals surface area (Å²) in [5.41, 5.74) is 4.05. The average Bonchev–Trinajstić information content (AvgIpc) is 3.26.